The Labute approximate surface area is 151 Å². The van der Waals surface area contributed by atoms with E-state index in [1.165, 1.54) is 24.1 Å². The minimum atomic E-state index is -2.94. The average molecular weight is 378 g/mol. The highest BCUT2D eigenvalue weighted by molar-refractivity contribution is 7.18. The molecule has 26 heavy (non-hydrogen) atoms. The maximum Gasteiger partial charge on any atom is 0.387 e. The molecule has 5 nitrogen and oxygen atoms in total. The zero-order valence-corrected chi connectivity index (χ0v) is 14.8. The van der Waals surface area contributed by atoms with E-state index < -0.39 is 6.61 Å². The van der Waals surface area contributed by atoms with Crippen LogP contribution >= 0.6 is 11.3 Å². The van der Waals surface area contributed by atoms with Gasteiger partial charge in [-0.05, 0) is 49.4 Å². The molecule has 0 spiro atoms. The van der Waals surface area contributed by atoms with Crippen LogP contribution in [-0.4, -0.2) is 23.7 Å². The fourth-order valence-electron chi connectivity index (χ4n) is 3.31. The predicted octanol–water partition coefficient (Wildman–Crippen LogP) is 4.14. The standard InChI is InChI=1S/C18H16F2N2O3S/c1-24-12-8-9(6-7-11(12)25-18(19)20)15-21-16(23)14-10-4-2-3-5-13(10)26-17(14)22-15/h6-8,18H,2-5H2,1H3,(H,21,22,23). The maximum atomic E-state index is 12.6. The maximum absolute atomic E-state index is 12.6. The van der Waals surface area contributed by atoms with Crippen LogP contribution in [-0.2, 0) is 12.8 Å². The number of aryl methyl sites for hydroxylation is 2. The lowest BCUT2D eigenvalue weighted by Gasteiger charge is -2.11. The van der Waals surface area contributed by atoms with Gasteiger partial charge in [-0.1, -0.05) is 0 Å². The first-order valence-electron chi connectivity index (χ1n) is 8.24. The van der Waals surface area contributed by atoms with Crippen LogP contribution in [0.2, 0.25) is 0 Å². The van der Waals surface area contributed by atoms with Crippen LogP contribution < -0.4 is 15.0 Å². The second-order valence-electron chi connectivity index (χ2n) is 6.05. The Morgan fingerprint density at radius 3 is 2.81 bits per heavy atom. The van der Waals surface area contributed by atoms with Crippen LogP contribution in [0.5, 0.6) is 11.5 Å². The average Bonchev–Trinajstić information content (AvgIpc) is 3.00. The van der Waals surface area contributed by atoms with E-state index in [0.29, 0.717) is 21.6 Å². The quantitative estimate of drug-likeness (QED) is 0.741. The number of aromatic nitrogens is 2. The summed E-state index contributed by atoms with van der Waals surface area (Å²) in [5, 5.41) is 0.679. The van der Waals surface area contributed by atoms with Crippen LogP contribution in [0.15, 0.2) is 23.0 Å². The minimum absolute atomic E-state index is 0.0683. The van der Waals surface area contributed by atoms with E-state index >= 15 is 0 Å². The number of hydrogen-bond acceptors (Lipinski definition) is 5. The lowest BCUT2D eigenvalue weighted by Crippen LogP contribution is -2.11. The molecule has 0 amide bonds. The van der Waals surface area contributed by atoms with Gasteiger partial charge in [0.1, 0.15) is 10.7 Å². The molecule has 1 aliphatic carbocycles. The lowest BCUT2D eigenvalue weighted by atomic mass is 9.97. The first-order chi connectivity index (χ1) is 12.6. The molecule has 0 atom stereocenters. The van der Waals surface area contributed by atoms with Gasteiger partial charge in [0.25, 0.3) is 5.56 Å². The molecule has 0 saturated heterocycles. The normalized spacial score (nSPS) is 13.8. The summed E-state index contributed by atoms with van der Waals surface area (Å²) in [6.07, 6.45) is 4.11. The molecule has 0 aliphatic heterocycles. The van der Waals surface area contributed by atoms with Gasteiger partial charge >= 0.3 is 6.61 Å². The number of methoxy groups -OCH3 is 1. The first-order valence-corrected chi connectivity index (χ1v) is 9.06. The van der Waals surface area contributed by atoms with Crippen molar-refractivity contribution in [2.75, 3.05) is 7.11 Å². The van der Waals surface area contributed by atoms with Gasteiger partial charge in [-0.3, -0.25) is 4.79 Å². The fourth-order valence-corrected chi connectivity index (χ4v) is 4.57. The van der Waals surface area contributed by atoms with Gasteiger partial charge < -0.3 is 14.5 Å². The number of thiophene rings is 1. The van der Waals surface area contributed by atoms with Crippen LogP contribution in [0.3, 0.4) is 0 Å². The summed E-state index contributed by atoms with van der Waals surface area (Å²) < 4.78 is 34.5. The molecule has 0 unspecified atom stereocenters. The molecule has 1 aromatic carbocycles. The number of ether oxygens (including phenoxy) is 2. The monoisotopic (exact) mass is 378 g/mol. The van der Waals surface area contributed by atoms with Crippen molar-refractivity contribution >= 4 is 21.6 Å². The number of hydrogen-bond donors (Lipinski definition) is 1. The third-order valence-corrected chi connectivity index (χ3v) is 5.66. The van der Waals surface area contributed by atoms with E-state index in [1.807, 2.05) is 0 Å². The third-order valence-electron chi connectivity index (χ3n) is 4.48. The number of alkyl halides is 2. The van der Waals surface area contributed by atoms with E-state index in [2.05, 4.69) is 14.7 Å². The number of halogens is 2. The van der Waals surface area contributed by atoms with Gasteiger partial charge in [-0.25, -0.2) is 4.98 Å². The lowest BCUT2D eigenvalue weighted by molar-refractivity contribution is -0.0512. The highest BCUT2D eigenvalue weighted by atomic mass is 32.1. The summed E-state index contributed by atoms with van der Waals surface area (Å²) in [6.45, 7) is -2.94. The second kappa shape index (κ2) is 6.68. The van der Waals surface area contributed by atoms with Crippen LogP contribution in [0.25, 0.3) is 21.6 Å². The van der Waals surface area contributed by atoms with Crippen LogP contribution in [0.1, 0.15) is 23.3 Å². The largest absolute Gasteiger partial charge is 0.493 e. The van der Waals surface area contributed by atoms with Crippen LogP contribution in [0, 0.1) is 0 Å². The highest BCUT2D eigenvalue weighted by Crippen LogP contribution is 2.36. The molecule has 0 radical (unpaired) electrons. The van der Waals surface area contributed by atoms with Crippen molar-refractivity contribution in [3.63, 3.8) is 0 Å². The molecule has 3 aromatic rings. The smallest absolute Gasteiger partial charge is 0.387 e. The predicted molar refractivity (Wildman–Crippen MR) is 95.5 cm³/mol. The molecule has 2 heterocycles. The molecule has 0 saturated carbocycles. The third kappa shape index (κ3) is 2.94. The summed E-state index contributed by atoms with van der Waals surface area (Å²) in [7, 11) is 1.37. The van der Waals surface area contributed by atoms with Crippen LogP contribution in [0.4, 0.5) is 8.78 Å². The molecule has 8 heteroatoms. The van der Waals surface area contributed by atoms with E-state index in [1.54, 1.807) is 17.4 Å². The fraction of sp³-hybridized carbons (Fsp3) is 0.333. The zero-order chi connectivity index (χ0) is 18.3. The number of aromatic amines is 1. The summed E-state index contributed by atoms with van der Waals surface area (Å²) in [4.78, 5) is 22.0. The van der Waals surface area contributed by atoms with Gasteiger partial charge in [0, 0.05) is 10.4 Å². The van der Waals surface area contributed by atoms with E-state index in [4.69, 9.17) is 4.74 Å². The Morgan fingerprint density at radius 1 is 1.23 bits per heavy atom. The number of fused-ring (bicyclic) bond motifs is 3. The Balaban J connectivity index is 1.81. The molecular weight excluding hydrogens is 362 g/mol. The van der Waals surface area contributed by atoms with Crippen molar-refractivity contribution in [1.82, 2.24) is 9.97 Å². The molecule has 0 bridgehead atoms. The second-order valence-corrected chi connectivity index (χ2v) is 7.13. The van der Waals surface area contributed by atoms with Crippen molar-refractivity contribution < 1.29 is 18.3 Å². The molecule has 0 fully saturated rings. The van der Waals surface area contributed by atoms with E-state index in [9.17, 15) is 13.6 Å². The first kappa shape index (κ1) is 17.0. The van der Waals surface area contributed by atoms with Gasteiger partial charge in [0.2, 0.25) is 0 Å². The minimum Gasteiger partial charge on any atom is -0.493 e. The van der Waals surface area contributed by atoms with E-state index in [-0.39, 0.29) is 17.1 Å². The number of benzene rings is 1. The van der Waals surface area contributed by atoms with Crippen molar-refractivity contribution in [3.05, 3.63) is 39.0 Å². The van der Waals surface area contributed by atoms with Crippen molar-refractivity contribution in [2.24, 2.45) is 0 Å². The van der Waals surface area contributed by atoms with Crippen molar-refractivity contribution in [3.8, 4) is 22.9 Å². The van der Waals surface area contributed by atoms with Crippen molar-refractivity contribution in [2.45, 2.75) is 32.3 Å². The highest BCUT2D eigenvalue weighted by Gasteiger charge is 2.20. The Bertz CT molecular complexity index is 1030. The number of H-pyrrole nitrogens is 1. The van der Waals surface area contributed by atoms with E-state index in [0.717, 1.165) is 31.2 Å². The molecule has 1 aliphatic rings. The summed E-state index contributed by atoms with van der Waals surface area (Å²) in [5.41, 5.74) is 1.51. The Hall–Kier alpha value is -2.48. The topological polar surface area (TPSA) is 64.2 Å². The van der Waals surface area contributed by atoms with Gasteiger partial charge in [-0.2, -0.15) is 8.78 Å². The summed E-state index contributed by atoms with van der Waals surface area (Å²) in [5.74, 6) is 0.459. The molecule has 136 valence electrons. The van der Waals surface area contributed by atoms with Gasteiger partial charge in [0.05, 0.1) is 12.5 Å². The molecular formula is C18H16F2N2O3S. The number of nitrogens with one attached hydrogen (secondary N) is 1. The SMILES string of the molecule is COc1cc(-c2nc3sc4c(c3c(=O)[nH]2)CCCC4)ccc1OC(F)F. The zero-order valence-electron chi connectivity index (χ0n) is 14.0. The number of rotatable bonds is 4. The molecule has 2 aromatic heterocycles. The van der Waals surface area contributed by atoms with Gasteiger partial charge in [-0.15, -0.1) is 11.3 Å². The summed E-state index contributed by atoms with van der Waals surface area (Å²) >= 11 is 1.56. The van der Waals surface area contributed by atoms with Crippen molar-refractivity contribution in [1.29, 1.82) is 0 Å². The Kier molecular flexibility index (Phi) is 4.36. The molecule has 1 N–H and O–H groups in total. The molecule has 4 rings (SSSR count). The number of nitrogens with zero attached hydrogens (tertiary/aromatic N) is 1. The van der Waals surface area contributed by atoms with Gasteiger partial charge in [0.15, 0.2) is 11.5 Å². The Morgan fingerprint density at radius 2 is 2.04 bits per heavy atom. The summed E-state index contributed by atoms with van der Waals surface area (Å²) in [6, 6.07) is 4.47.